The van der Waals surface area contributed by atoms with Crippen molar-refractivity contribution in [2.24, 2.45) is 14.1 Å². The average Bonchev–Trinajstić information content (AvgIpc) is 3.14. The van der Waals surface area contributed by atoms with Crippen LogP contribution in [-0.4, -0.2) is 41.5 Å². The largest absolute Gasteiger partial charge is 0.504 e. The highest BCUT2D eigenvalue weighted by molar-refractivity contribution is 5.69. The molecular weight excluding hydrogens is 386 g/mol. The van der Waals surface area contributed by atoms with Crippen LogP contribution in [0, 0.1) is 0 Å². The predicted molar refractivity (Wildman–Crippen MR) is 115 cm³/mol. The third-order valence-electron chi connectivity index (χ3n) is 5.37. The zero-order valence-corrected chi connectivity index (χ0v) is 17.6. The number of hydrogen-bond acceptors (Lipinski definition) is 6. The van der Waals surface area contributed by atoms with Crippen molar-refractivity contribution in [1.82, 2.24) is 24.0 Å². The maximum absolute atomic E-state index is 12.4. The number of phenolic OH excluding ortho intramolecular Hbond substituents is 2. The molecule has 0 saturated heterocycles. The first-order valence-electron chi connectivity index (χ1n) is 10.1. The van der Waals surface area contributed by atoms with E-state index in [4.69, 9.17) is 0 Å². The van der Waals surface area contributed by atoms with Crippen LogP contribution < -0.4 is 16.6 Å². The minimum absolute atomic E-state index is 0.0957. The maximum Gasteiger partial charge on any atom is 0.332 e. The molecule has 9 heteroatoms. The molecule has 0 saturated carbocycles. The second-order valence-electron chi connectivity index (χ2n) is 7.76. The van der Waals surface area contributed by atoms with E-state index in [0.717, 1.165) is 42.4 Å². The van der Waals surface area contributed by atoms with Crippen LogP contribution in [0.2, 0.25) is 0 Å². The molecule has 0 spiro atoms. The van der Waals surface area contributed by atoms with Gasteiger partial charge in [0, 0.05) is 26.7 Å². The number of nitrogens with zero attached hydrogens (tertiary/aromatic N) is 4. The molecule has 30 heavy (non-hydrogen) atoms. The summed E-state index contributed by atoms with van der Waals surface area (Å²) in [5.74, 6) is -0.202. The number of unbranched alkanes of at least 4 members (excludes halogenated alkanes) is 2. The van der Waals surface area contributed by atoms with Crippen LogP contribution in [0.25, 0.3) is 11.2 Å². The number of phenols is 2. The van der Waals surface area contributed by atoms with E-state index in [-0.39, 0.29) is 28.8 Å². The fourth-order valence-corrected chi connectivity index (χ4v) is 3.62. The Bertz CT molecular complexity index is 1140. The van der Waals surface area contributed by atoms with Gasteiger partial charge in [-0.15, -0.1) is 0 Å². The molecule has 0 aliphatic heterocycles. The smallest absolute Gasteiger partial charge is 0.332 e. The lowest BCUT2D eigenvalue weighted by atomic mass is 10.1. The van der Waals surface area contributed by atoms with Crippen LogP contribution >= 0.6 is 0 Å². The second kappa shape index (κ2) is 9.17. The summed E-state index contributed by atoms with van der Waals surface area (Å²) in [5.41, 5.74) is 1.15. The standard InChI is InChI=1S/C21H29N5O4/c1-14(11-15-7-8-16(27)17(28)12-15)22-9-5-4-6-10-26-13-23-19-18(26)20(29)25(3)21(30)24(19)2/h7-8,12-14,22,27-28H,4-6,9-11H2,1-3H3. The Morgan fingerprint density at radius 3 is 2.57 bits per heavy atom. The summed E-state index contributed by atoms with van der Waals surface area (Å²) >= 11 is 0. The van der Waals surface area contributed by atoms with Crippen LogP contribution in [-0.2, 0) is 27.1 Å². The summed E-state index contributed by atoms with van der Waals surface area (Å²) in [5, 5.41) is 22.4. The van der Waals surface area contributed by atoms with Crippen LogP contribution in [0.5, 0.6) is 11.5 Å². The van der Waals surface area contributed by atoms with Gasteiger partial charge in [0.1, 0.15) is 0 Å². The molecule has 0 aliphatic carbocycles. The van der Waals surface area contributed by atoms with E-state index in [2.05, 4.69) is 17.2 Å². The molecule has 1 aromatic carbocycles. The van der Waals surface area contributed by atoms with E-state index in [0.29, 0.717) is 17.7 Å². The first kappa shape index (κ1) is 21.6. The molecule has 0 bridgehead atoms. The van der Waals surface area contributed by atoms with Gasteiger partial charge < -0.3 is 20.1 Å². The highest BCUT2D eigenvalue weighted by Crippen LogP contribution is 2.25. The summed E-state index contributed by atoms with van der Waals surface area (Å²) in [4.78, 5) is 28.7. The molecule has 162 valence electrons. The van der Waals surface area contributed by atoms with Gasteiger partial charge in [-0.1, -0.05) is 12.5 Å². The van der Waals surface area contributed by atoms with Crippen molar-refractivity contribution >= 4 is 11.2 Å². The molecule has 0 fully saturated rings. The molecule has 3 rings (SSSR count). The van der Waals surface area contributed by atoms with Crippen LogP contribution in [0.15, 0.2) is 34.1 Å². The molecule has 2 aromatic heterocycles. The zero-order chi connectivity index (χ0) is 21.8. The Hall–Kier alpha value is -3.07. The molecule has 0 radical (unpaired) electrons. The number of aromatic nitrogens is 4. The molecule has 1 atom stereocenters. The quantitative estimate of drug-likeness (QED) is 0.358. The SMILES string of the molecule is CC(Cc1ccc(O)c(O)c1)NCCCCCn1cnc2c1c(=O)n(C)c(=O)n2C. The summed E-state index contributed by atoms with van der Waals surface area (Å²) in [7, 11) is 3.10. The Morgan fingerprint density at radius 2 is 1.83 bits per heavy atom. The van der Waals surface area contributed by atoms with E-state index < -0.39 is 0 Å². The van der Waals surface area contributed by atoms with Gasteiger partial charge in [0.2, 0.25) is 0 Å². The van der Waals surface area contributed by atoms with Gasteiger partial charge in [0.05, 0.1) is 6.33 Å². The Morgan fingerprint density at radius 1 is 1.07 bits per heavy atom. The van der Waals surface area contributed by atoms with Gasteiger partial charge in [-0.05, 0) is 50.4 Å². The molecule has 9 nitrogen and oxygen atoms in total. The summed E-state index contributed by atoms with van der Waals surface area (Å²) < 4.78 is 4.33. The van der Waals surface area contributed by atoms with Crippen LogP contribution in [0.1, 0.15) is 31.7 Å². The van der Waals surface area contributed by atoms with Gasteiger partial charge in [-0.3, -0.25) is 13.9 Å². The molecular formula is C21H29N5O4. The van der Waals surface area contributed by atoms with Gasteiger partial charge >= 0.3 is 5.69 Å². The zero-order valence-electron chi connectivity index (χ0n) is 17.6. The average molecular weight is 415 g/mol. The van der Waals surface area contributed by atoms with Crippen LogP contribution in [0.4, 0.5) is 0 Å². The van der Waals surface area contributed by atoms with E-state index in [9.17, 15) is 19.8 Å². The third kappa shape index (κ3) is 4.56. The first-order valence-corrected chi connectivity index (χ1v) is 10.1. The second-order valence-corrected chi connectivity index (χ2v) is 7.76. The maximum atomic E-state index is 12.4. The molecule has 3 aromatic rings. The van der Waals surface area contributed by atoms with Gasteiger partial charge in [-0.25, -0.2) is 9.78 Å². The lowest BCUT2D eigenvalue weighted by Gasteiger charge is -2.14. The van der Waals surface area contributed by atoms with E-state index in [1.165, 1.54) is 17.7 Å². The topological polar surface area (TPSA) is 114 Å². The minimum atomic E-state index is -0.375. The minimum Gasteiger partial charge on any atom is -0.504 e. The van der Waals surface area contributed by atoms with Crippen molar-refractivity contribution < 1.29 is 10.2 Å². The Balaban J connectivity index is 1.45. The lowest BCUT2D eigenvalue weighted by Crippen LogP contribution is -2.37. The summed E-state index contributed by atoms with van der Waals surface area (Å²) in [6.45, 7) is 3.63. The Kier molecular flexibility index (Phi) is 6.61. The highest BCUT2D eigenvalue weighted by Gasteiger charge is 2.13. The van der Waals surface area contributed by atoms with Crippen molar-refractivity contribution in [3.05, 3.63) is 50.9 Å². The number of benzene rings is 1. The number of hydrogen-bond donors (Lipinski definition) is 3. The van der Waals surface area contributed by atoms with E-state index in [1.807, 2.05) is 10.6 Å². The van der Waals surface area contributed by atoms with E-state index in [1.54, 1.807) is 19.4 Å². The molecule has 0 aliphatic rings. The number of aromatic hydroxyl groups is 2. The summed E-state index contributed by atoms with van der Waals surface area (Å²) in [6, 6.07) is 5.14. The van der Waals surface area contributed by atoms with Crippen molar-refractivity contribution in [2.75, 3.05) is 6.54 Å². The normalized spacial score (nSPS) is 12.5. The van der Waals surface area contributed by atoms with Gasteiger partial charge in [0.15, 0.2) is 22.7 Å². The van der Waals surface area contributed by atoms with Gasteiger partial charge in [-0.2, -0.15) is 0 Å². The molecule has 0 amide bonds. The monoisotopic (exact) mass is 415 g/mol. The fourth-order valence-electron chi connectivity index (χ4n) is 3.62. The first-order chi connectivity index (χ1) is 14.3. The molecule has 2 heterocycles. The van der Waals surface area contributed by atoms with Crippen molar-refractivity contribution in [3.8, 4) is 11.5 Å². The lowest BCUT2D eigenvalue weighted by molar-refractivity contribution is 0.402. The fraction of sp³-hybridized carbons (Fsp3) is 0.476. The number of imidazole rings is 1. The number of rotatable bonds is 9. The van der Waals surface area contributed by atoms with Crippen molar-refractivity contribution in [3.63, 3.8) is 0 Å². The summed E-state index contributed by atoms with van der Waals surface area (Å²) in [6.07, 6.45) is 5.27. The third-order valence-corrected chi connectivity index (χ3v) is 5.37. The number of aryl methyl sites for hydroxylation is 2. The van der Waals surface area contributed by atoms with Crippen molar-refractivity contribution in [2.45, 2.75) is 45.2 Å². The predicted octanol–water partition coefficient (Wildman–Crippen LogP) is 1.24. The molecule has 1 unspecified atom stereocenters. The van der Waals surface area contributed by atoms with Crippen LogP contribution in [0.3, 0.4) is 0 Å². The number of nitrogens with one attached hydrogen (secondary N) is 1. The Labute approximate surface area is 174 Å². The van der Waals surface area contributed by atoms with Gasteiger partial charge in [0.25, 0.3) is 5.56 Å². The van der Waals surface area contributed by atoms with Crippen molar-refractivity contribution in [1.29, 1.82) is 0 Å². The molecule has 3 N–H and O–H groups in total. The van der Waals surface area contributed by atoms with E-state index >= 15 is 0 Å². The highest BCUT2D eigenvalue weighted by atomic mass is 16.3. The number of fused-ring (bicyclic) bond motifs is 1.